The van der Waals surface area contributed by atoms with E-state index >= 15 is 0 Å². The Morgan fingerprint density at radius 1 is 1.50 bits per heavy atom. The molecule has 2 heterocycles. The van der Waals surface area contributed by atoms with E-state index in [1.54, 1.807) is 16.8 Å². The van der Waals surface area contributed by atoms with Crippen molar-refractivity contribution in [2.75, 3.05) is 7.11 Å². The van der Waals surface area contributed by atoms with E-state index in [1.165, 1.54) is 7.11 Å². The van der Waals surface area contributed by atoms with Crippen molar-refractivity contribution < 1.29 is 9.53 Å². The first kappa shape index (κ1) is 8.74. The molecule has 0 aromatic carbocycles. The average molecular weight is 190 g/mol. The minimum absolute atomic E-state index is 0.342. The fraction of sp³-hybridized carbons (Fsp3) is 0.200. The van der Waals surface area contributed by atoms with Crippen molar-refractivity contribution in [3.63, 3.8) is 0 Å². The van der Waals surface area contributed by atoms with E-state index in [0.717, 1.165) is 11.2 Å². The molecule has 2 rings (SSSR count). The summed E-state index contributed by atoms with van der Waals surface area (Å²) < 4.78 is 6.43. The second kappa shape index (κ2) is 3.14. The van der Waals surface area contributed by atoms with Crippen LogP contribution in [0.25, 0.3) is 5.65 Å². The van der Waals surface area contributed by atoms with Crippen molar-refractivity contribution >= 4 is 11.6 Å². The van der Waals surface area contributed by atoms with E-state index in [2.05, 4.69) is 4.98 Å². The number of aromatic nitrogens is 2. The van der Waals surface area contributed by atoms with Gasteiger partial charge in [-0.05, 0) is 18.6 Å². The van der Waals surface area contributed by atoms with E-state index < -0.39 is 0 Å². The van der Waals surface area contributed by atoms with Crippen LogP contribution >= 0.6 is 0 Å². The Labute approximate surface area is 81.1 Å². The number of carbonyl (C=O) groups excluding carboxylic acids is 1. The van der Waals surface area contributed by atoms with Crippen LogP contribution in [0, 0.1) is 6.92 Å². The number of methoxy groups -OCH3 is 1. The minimum Gasteiger partial charge on any atom is -0.464 e. The molecule has 0 N–H and O–H groups in total. The van der Waals surface area contributed by atoms with Crippen LogP contribution in [0.5, 0.6) is 0 Å². The molecule has 0 aliphatic carbocycles. The largest absolute Gasteiger partial charge is 0.464 e. The van der Waals surface area contributed by atoms with Gasteiger partial charge in [0.2, 0.25) is 0 Å². The molecule has 0 fully saturated rings. The smallest absolute Gasteiger partial charge is 0.355 e. The van der Waals surface area contributed by atoms with Crippen LogP contribution in [0.15, 0.2) is 24.5 Å². The molecule has 0 aliphatic heterocycles. The molecule has 0 atom stereocenters. The van der Waals surface area contributed by atoms with Gasteiger partial charge < -0.3 is 4.74 Å². The third kappa shape index (κ3) is 1.16. The molecule has 0 spiro atoms. The average Bonchev–Trinajstić information content (AvgIpc) is 2.64. The van der Waals surface area contributed by atoms with Gasteiger partial charge in [-0.15, -0.1) is 0 Å². The number of imidazole rings is 1. The molecular formula is C10H10N2O2. The van der Waals surface area contributed by atoms with Gasteiger partial charge in [0.1, 0.15) is 11.3 Å². The van der Waals surface area contributed by atoms with Gasteiger partial charge in [-0.1, -0.05) is 6.07 Å². The van der Waals surface area contributed by atoms with Gasteiger partial charge >= 0.3 is 5.97 Å². The number of nitrogens with zero attached hydrogens (tertiary/aromatic N) is 2. The predicted octanol–water partition coefficient (Wildman–Crippen LogP) is 1.43. The Balaban J connectivity index is 2.76. The SMILES string of the molecule is COC(=O)c1c(C)ccc2nccn12. The second-order valence-electron chi connectivity index (χ2n) is 3.01. The fourth-order valence-electron chi connectivity index (χ4n) is 1.45. The summed E-state index contributed by atoms with van der Waals surface area (Å²) in [5, 5.41) is 0. The third-order valence-electron chi connectivity index (χ3n) is 2.14. The van der Waals surface area contributed by atoms with Crippen LogP contribution in [0.2, 0.25) is 0 Å². The summed E-state index contributed by atoms with van der Waals surface area (Å²) in [6, 6.07) is 3.72. The maximum Gasteiger partial charge on any atom is 0.355 e. The number of pyridine rings is 1. The first-order chi connectivity index (χ1) is 6.74. The zero-order valence-corrected chi connectivity index (χ0v) is 8.02. The molecule has 0 radical (unpaired) electrons. The second-order valence-corrected chi connectivity index (χ2v) is 3.01. The first-order valence-corrected chi connectivity index (χ1v) is 4.25. The molecule has 0 aliphatic rings. The zero-order valence-electron chi connectivity index (χ0n) is 8.02. The Morgan fingerprint density at radius 2 is 2.29 bits per heavy atom. The van der Waals surface area contributed by atoms with Gasteiger partial charge in [0, 0.05) is 12.4 Å². The molecule has 0 unspecified atom stereocenters. The summed E-state index contributed by atoms with van der Waals surface area (Å²) >= 11 is 0. The standard InChI is InChI=1S/C10H10N2O2/c1-7-3-4-8-11-5-6-12(8)9(7)10(13)14-2/h3-6H,1-2H3. The lowest BCUT2D eigenvalue weighted by atomic mass is 10.2. The van der Waals surface area contributed by atoms with E-state index in [1.807, 2.05) is 19.1 Å². The summed E-state index contributed by atoms with van der Waals surface area (Å²) in [6.45, 7) is 1.87. The van der Waals surface area contributed by atoms with Crippen LogP contribution in [-0.4, -0.2) is 22.5 Å². The third-order valence-corrected chi connectivity index (χ3v) is 2.14. The zero-order chi connectivity index (χ0) is 10.1. The molecule has 0 saturated carbocycles. The maximum absolute atomic E-state index is 11.5. The highest BCUT2D eigenvalue weighted by molar-refractivity contribution is 5.89. The lowest BCUT2D eigenvalue weighted by molar-refractivity contribution is 0.0591. The number of aryl methyl sites for hydroxylation is 1. The molecule has 0 bridgehead atoms. The van der Waals surface area contributed by atoms with Crippen molar-refractivity contribution in [1.29, 1.82) is 0 Å². The van der Waals surface area contributed by atoms with E-state index in [-0.39, 0.29) is 5.97 Å². The van der Waals surface area contributed by atoms with Crippen molar-refractivity contribution in [2.24, 2.45) is 0 Å². The highest BCUT2D eigenvalue weighted by Crippen LogP contribution is 2.12. The van der Waals surface area contributed by atoms with E-state index in [9.17, 15) is 4.79 Å². The molecule has 72 valence electrons. The van der Waals surface area contributed by atoms with Crippen LogP contribution in [0.4, 0.5) is 0 Å². The monoisotopic (exact) mass is 190 g/mol. The first-order valence-electron chi connectivity index (χ1n) is 4.25. The molecule has 14 heavy (non-hydrogen) atoms. The highest BCUT2D eigenvalue weighted by atomic mass is 16.5. The lowest BCUT2D eigenvalue weighted by Gasteiger charge is -2.06. The number of ether oxygens (including phenoxy) is 1. The predicted molar refractivity (Wildman–Crippen MR) is 51.3 cm³/mol. The van der Waals surface area contributed by atoms with Crippen molar-refractivity contribution in [2.45, 2.75) is 6.92 Å². The van der Waals surface area contributed by atoms with Gasteiger partial charge in [0.05, 0.1) is 7.11 Å². The molecule has 2 aromatic rings. The summed E-state index contributed by atoms with van der Waals surface area (Å²) in [4.78, 5) is 15.6. The van der Waals surface area contributed by atoms with Gasteiger partial charge in [-0.2, -0.15) is 0 Å². The van der Waals surface area contributed by atoms with Gasteiger partial charge in [0.15, 0.2) is 0 Å². The summed E-state index contributed by atoms with van der Waals surface area (Å²) in [5.74, 6) is -0.342. The van der Waals surface area contributed by atoms with E-state index in [0.29, 0.717) is 5.69 Å². The lowest BCUT2D eigenvalue weighted by Crippen LogP contribution is -2.09. The Hall–Kier alpha value is -1.84. The molecule has 0 amide bonds. The number of rotatable bonds is 1. The number of hydrogen-bond acceptors (Lipinski definition) is 3. The van der Waals surface area contributed by atoms with Crippen LogP contribution < -0.4 is 0 Å². The van der Waals surface area contributed by atoms with Crippen LogP contribution in [-0.2, 0) is 4.74 Å². The molecule has 4 nitrogen and oxygen atoms in total. The number of hydrogen-bond donors (Lipinski definition) is 0. The van der Waals surface area contributed by atoms with Crippen molar-refractivity contribution in [3.8, 4) is 0 Å². The Bertz CT molecular complexity index is 488. The number of carbonyl (C=O) groups is 1. The Morgan fingerprint density at radius 3 is 3.00 bits per heavy atom. The molecule has 2 aromatic heterocycles. The maximum atomic E-state index is 11.5. The summed E-state index contributed by atoms with van der Waals surface area (Å²) in [7, 11) is 1.37. The van der Waals surface area contributed by atoms with Crippen LogP contribution in [0.3, 0.4) is 0 Å². The van der Waals surface area contributed by atoms with E-state index in [4.69, 9.17) is 4.74 Å². The molecule has 0 saturated heterocycles. The Kier molecular flexibility index (Phi) is 1.96. The topological polar surface area (TPSA) is 43.6 Å². The molecule has 4 heteroatoms. The van der Waals surface area contributed by atoms with Crippen molar-refractivity contribution in [3.05, 3.63) is 35.8 Å². The van der Waals surface area contributed by atoms with Gasteiger partial charge in [-0.25, -0.2) is 9.78 Å². The normalized spacial score (nSPS) is 10.4. The minimum atomic E-state index is -0.342. The quantitative estimate of drug-likeness (QED) is 0.639. The highest BCUT2D eigenvalue weighted by Gasteiger charge is 2.13. The number of esters is 1. The van der Waals surface area contributed by atoms with Gasteiger partial charge in [0.25, 0.3) is 0 Å². The molecular weight excluding hydrogens is 180 g/mol. The number of fused-ring (bicyclic) bond motifs is 1. The summed E-state index contributed by atoms with van der Waals surface area (Å²) in [6.07, 6.45) is 3.40. The summed E-state index contributed by atoms with van der Waals surface area (Å²) in [5.41, 5.74) is 2.15. The van der Waals surface area contributed by atoms with Gasteiger partial charge in [-0.3, -0.25) is 4.40 Å². The van der Waals surface area contributed by atoms with Crippen molar-refractivity contribution in [1.82, 2.24) is 9.38 Å². The fourth-order valence-corrected chi connectivity index (χ4v) is 1.45. The van der Waals surface area contributed by atoms with Crippen LogP contribution in [0.1, 0.15) is 16.1 Å².